The van der Waals surface area contributed by atoms with Gasteiger partial charge in [0, 0.05) is 17.3 Å². The van der Waals surface area contributed by atoms with Gasteiger partial charge >= 0.3 is 0 Å². The van der Waals surface area contributed by atoms with E-state index < -0.39 is 0 Å². The number of pyridine rings is 1. The number of fused-ring (bicyclic) bond motifs is 1. The highest BCUT2D eigenvalue weighted by atomic mass is 14.7. The van der Waals surface area contributed by atoms with Gasteiger partial charge in [-0.15, -0.1) is 0 Å². The number of allylic oxidation sites excluding steroid dienone is 1. The molecular formula is C12H10N3+. The van der Waals surface area contributed by atoms with Gasteiger partial charge in [0.05, 0.1) is 5.52 Å². The van der Waals surface area contributed by atoms with Crippen molar-refractivity contribution in [2.75, 3.05) is 5.73 Å². The minimum absolute atomic E-state index is 0.773. The number of nitrogen functional groups attached to an aromatic ring is 1. The van der Waals surface area contributed by atoms with Crippen molar-refractivity contribution in [2.24, 2.45) is 0 Å². The van der Waals surface area contributed by atoms with Gasteiger partial charge in [-0.25, -0.2) is 4.99 Å². The quantitative estimate of drug-likeness (QED) is 0.690. The van der Waals surface area contributed by atoms with Crippen LogP contribution < -0.4 is 10.7 Å². The van der Waals surface area contributed by atoms with E-state index in [9.17, 15) is 0 Å². The molecule has 0 saturated heterocycles. The average molecular weight is 196 g/mol. The SMILES string of the molecule is Nc1ccnc2ccc(C3=C[NH+]=C3)cc12. The number of aromatic nitrogens is 1. The monoisotopic (exact) mass is 196 g/mol. The Morgan fingerprint density at radius 3 is 2.80 bits per heavy atom. The van der Waals surface area contributed by atoms with Crippen LogP contribution in [0.15, 0.2) is 36.7 Å². The van der Waals surface area contributed by atoms with E-state index in [2.05, 4.69) is 22.1 Å². The molecule has 0 aliphatic carbocycles. The van der Waals surface area contributed by atoms with Crippen molar-refractivity contribution >= 4 is 28.4 Å². The van der Waals surface area contributed by atoms with E-state index in [0.717, 1.165) is 16.6 Å². The van der Waals surface area contributed by atoms with Gasteiger partial charge in [0.1, 0.15) is 5.57 Å². The van der Waals surface area contributed by atoms with E-state index in [1.165, 1.54) is 11.1 Å². The van der Waals surface area contributed by atoms with Crippen molar-refractivity contribution in [3.63, 3.8) is 0 Å². The summed E-state index contributed by atoms with van der Waals surface area (Å²) < 4.78 is 0. The zero-order chi connectivity index (χ0) is 10.3. The Hall–Kier alpha value is -2.16. The van der Waals surface area contributed by atoms with E-state index in [0.29, 0.717) is 0 Å². The molecule has 3 N–H and O–H groups in total. The highest BCUT2D eigenvalue weighted by Gasteiger charge is 2.11. The predicted octanol–water partition coefficient (Wildman–Crippen LogP) is 0.323. The second kappa shape index (κ2) is 2.92. The molecule has 2 aromatic rings. The molecule has 3 nitrogen and oxygen atoms in total. The zero-order valence-corrected chi connectivity index (χ0v) is 8.07. The second-order valence-electron chi connectivity index (χ2n) is 3.54. The molecule has 0 amide bonds. The molecule has 1 aliphatic rings. The number of nitrogens with zero attached hydrogens (tertiary/aromatic N) is 1. The summed E-state index contributed by atoms with van der Waals surface area (Å²) in [6.07, 6.45) is 5.66. The summed E-state index contributed by atoms with van der Waals surface area (Å²) in [4.78, 5) is 7.25. The van der Waals surface area contributed by atoms with Gasteiger partial charge in [-0.1, -0.05) is 6.07 Å². The van der Waals surface area contributed by atoms with Crippen LogP contribution in [0.3, 0.4) is 0 Å². The molecule has 0 spiro atoms. The number of hydrogen-bond donors (Lipinski definition) is 2. The normalized spacial score (nSPS) is 13.7. The van der Waals surface area contributed by atoms with E-state index in [1.807, 2.05) is 24.5 Å². The summed E-state index contributed by atoms with van der Waals surface area (Å²) in [6, 6.07) is 7.94. The molecule has 1 aromatic carbocycles. The lowest BCUT2D eigenvalue weighted by Gasteiger charge is -2.05. The minimum Gasteiger partial charge on any atom is -0.398 e. The zero-order valence-electron chi connectivity index (χ0n) is 8.07. The summed E-state index contributed by atoms with van der Waals surface area (Å²) in [6.45, 7) is 0. The van der Waals surface area contributed by atoms with Gasteiger partial charge in [-0.05, 0) is 23.8 Å². The van der Waals surface area contributed by atoms with Crippen molar-refractivity contribution in [3.05, 3.63) is 42.2 Å². The lowest BCUT2D eigenvalue weighted by molar-refractivity contribution is -0.374. The summed E-state index contributed by atoms with van der Waals surface area (Å²) in [5.41, 5.74) is 9.97. The number of nitrogens with one attached hydrogen (secondary N) is 1. The lowest BCUT2D eigenvalue weighted by Crippen LogP contribution is -2.67. The summed E-state index contributed by atoms with van der Waals surface area (Å²) >= 11 is 0. The highest BCUT2D eigenvalue weighted by molar-refractivity contribution is 6.10. The number of nitrogens with two attached hydrogens (primary N) is 1. The maximum atomic E-state index is 5.90. The Balaban J connectivity index is 2.24. The second-order valence-corrected chi connectivity index (χ2v) is 3.54. The molecule has 0 bridgehead atoms. The first-order chi connectivity index (χ1) is 7.34. The van der Waals surface area contributed by atoms with E-state index in [-0.39, 0.29) is 0 Å². The summed E-state index contributed by atoms with van der Waals surface area (Å²) in [5, 5.41) is 1.01. The van der Waals surface area contributed by atoms with Crippen LogP contribution >= 0.6 is 0 Å². The Morgan fingerprint density at radius 1 is 1.20 bits per heavy atom. The fourth-order valence-corrected chi connectivity index (χ4v) is 1.68. The minimum atomic E-state index is 0.773. The maximum absolute atomic E-state index is 5.90. The molecule has 0 radical (unpaired) electrons. The maximum Gasteiger partial charge on any atom is 0.180 e. The molecule has 0 unspecified atom stereocenters. The molecule has 15 heavy (non-hydrogen) atoms. The summed E-state index contributed by atoms with van der Waals surface area (Å²) in [5.74, 6) is 0. The Bertz CT molecular complexity index is 597. The van der Waals surface area contributed by atoms with Crippen molar-refractivity contribution in [1.29, 1.82) is 0 Å². The standard InChI is InChI=1S/C12H9N3/c13-11-3-4-15-12-2-1-8(5-10(11)12)9-6-14-7-9/h1-7H,(H2,13,15)/p+1. The van der Waals surface area contributed by atoms with Gasteiger partial charge in [0.25, 0.3) is 0 Å². The third-order valence-corrected chi connectivity index (χ3v) is 2.59. The van der Waals surface area contributed by atoms with Crippen molar-refractivity contribution in [3.8, 4) is 0 Å². The average Bonchev–Trinajstić information content (AvgIpc) is 2.17. The van der Waals surface area contributed by atoms with Crippen LogP contribution in [0.1, 0.15) is 5.56 Å². The molecule has 0 fully saturated rings. The smallest absolute Gasteiger partial charge is 0.180 e. The molecule has 3 heteroatoms. The highest BCUT2D eigenvalue weighted by Crippen LogP contribution is 2.23. The first-order valence-corrected chi connectivity index (χ1v) is 4.79. The number of hydrogen-bond acceptors (Lipinski definition) is 2. The predicted molar refractivity (Wildman–Crippen MR) is 61.2 cm³/mol. The van der Waals surface area contributed by atoms with Crippen molar-refractivity contribution < 1.29 is 4.99 Å². The fraction of sp³-hybridized carbons (Fsp3) is 0. The largest absolute Gasteiger partial charge is 0.398 e. The van der Waals surface area contributed by atoms with E-state index in [1.54, 1.807) is 6.20 Å². The number of benzene rings is 1. The molecular weight excluding hydrogens is 186 g/mol. The Morgan fingerprint density at radius 2 is 2.07 bits per heavy atom. The van der Waals surface area contributed by atoms with E-state index in [4.69, 9.17) is 5.73 Å². The first-order valence-electron chi connectivity index (χ1n) is 4.79. The van der Waals surface area contributed by atoms with Crippen LogP contribution in [0, 0.1) is 0 Å². The first kappa shape index (κ1) is 8.17. The van der Waals surface area contributed by atoms with Gasteiger partial charge < -0.3 is 5.73 Å². The van der Waals surface area contributed by atoms with Crippen LogP contribution in [-0.2, 0) is 0 Å². The Kier molecular flexibility index (Phi) is 1.59. The van der Waals surface area contributed by atoms with Crippen molar-refractivity contribution in [1.82, 2.24) is 4.98 Å². The van der Waals surface area contributed by atoms with Gasteiger partial charge in [-0.3, -0.25) is 4.98 Å². The van der Waals surface area contributed by atoms with Gasteiger partial charge in [-0.2, -0.15) is 0 Å². The van der Waals surface area contributed by atoms with Crippen LogP contribution in [0.5, 0.6) is 0 Å². The number of rotatable bonds is 1. The molecule has 1 aromatic heterocycles. The van der Waals surface area contributed by atoms with Crippen LogP contribution in [0.4, 0.5) is 5.69 Å². The van der Waals surface area contributed by atoms with Gasteiger partial charge in [0.15, 0.2) is 12.4 Å². The molecule has 1 aliphatic heterocycles. The van der Waals surface area contributed by atoms with Crippen molar-refractivity contribution in [2.45, 2.75) is 0 Å². The number of anilines is 1. The van der Waals surface area contributed by atoms with E-state index >= 15 is 0 Å². The molecule has 3 rings (SSSR count). The van der Waals surface area contributed by atoms with Crippen LogP contribution in [0.25, 0.3) is 16.5 Å². The molecule has 0 saturated carbocycles. The van der Waals surface area contributed by atoms with Crippen LogP contribution in [-0.4, -0.2) is 11.2 Å². The Labute approximate surface area is 87.0 Å². The van der Waals surface area contributed by atoms with Crippen LogP contribution in [0.2, 0.25) is 0 Å². The van der Waals surface area contributed by atoms with Gasteiger partial charge in [0.2, 0.25) is 0 Å². The third kappa shape index (κ3) is 1.21. The molecule has 2 heterocycles. The molecule has 72 valence electrons. The lowest BCUT2D eigenvalue weighted by atomic mass is 10.0. The molecule has 0 atom stereocenters. The summed E-state index contributed by atoms with van der Waals surface area (Å²) in [7, 11) is 0. The topological polar surface area (TPSA) is 52.9 Å². The fourth-order valence-electron chi connectivity index (χ4n) is 1.68. The third-order valence-electron chi connectivity index (χ3n) is 2.59.